The van der Waals surface area contributed by atoms with Crippen molar-refractivity contribution in [2.75, 3.05) is 19.6 Å². The zero-order chi connectivity index (χ0) is 17.8. The quantitative estimate of drug-likeness (QED) is 0.827. The van der Waals surface area contributed by atoms with E-state index < -0.39 is 6.09 Å². The lowest BCUT2D eigenvalue weighted by Gasteiger charge is -2.26. The first-order valence-corrected chi connectivity index (χ1v) is 8.83. The molecule has 1 fully saturated rings. The number of nitrogens with zero attached hydrogens (tertiary/aromatic N) is 2. The summed E-state index contributed by atoms with van der Waals surface area (Å²) in [5.74, 6) is 0.460. The second kappa shape index (κ2) is 8.04. The number of aromatic nitrogens is 1. The highest BCUT2D eigenvalue weighted by Crippen LogP contribution is 2.30. The number of nitrogens with one attached hydrogen (secondary N) is 1. The zero-order valence-electron chi connectivity index (χ0n) is 13.5. The average molecular weight is 380 g/mol. The molecule has 0 unspecified atom stereocenters. The summed E-state index contributed by atoms with van der Waals surface area (Å²) in [6.07, 6.45) is 0.586. The van der Waals surface area contributed by atoms with Crippen LogP contribution in [0.2, 0.25) is 10.0 Å². The Balaban J connectivity index is 1.71. The number of carbonyl (C=O) groups is 1. The van der Waals surface area contributed by atoms with E-state index in [-0.39, 0.29) is 18.4 Å². The number of halogens is 2. The Kier molecular flexibility index (Phi) is 5.78. The summed E-state index contributed by atoms with van der Waals surface area (Å²) in [4.78, 5) is 17.3. The van der Waals surface area contributed by atoms with Crippen molar-refractivity contribution < 1.29 is 9.90 Å². The molecule has 2 atom stereocenters. The van der Waals surface area contributed by atoms with E-state index in [1.165, 1.54) is 16.7 Å². The summed E-state index contributed by atoms with van der Waals surface area (Å²) in [5.41, 5.74) is 1.86. The van der Waals surface area contributed by atoms with Gasteiger partial charge in [-0.3, -0.25) is 4.98 Å². The highest BCUT2D eigenvalue weighted by atomic mass is 35.5. The number of amides is 1. The van der Waals surface area contributed by atoms with Crippen molar-refractivity contribution in [1.29, 1.82) is 0 Å². The van der Waals surface area contributed by atoms with Gasteiger partial charge in [0.2, 0.25) is 0 Å². The molecule has 2 N–H and O–H groups in total. The second-order valence-electron chi connectivity index (χ2n) is 6.21. The van der Waals surface area contributed by atoms with Crippen LogP contribution in [0.15, 0.2) is 42.6 Å². The number of hydrogen-bond donors (Lipinski definition) is 2. The number of benzene rings is 1. The van der Waals surface area contributed by atoms with Gasteiger partial charge in [-0.05, 0) is 35.7 Å². The van der Waals surface area contributed by atoms with E-state index in [0.717, 1.165) is 13.1 Å². The molecule has 0 radical (unpaired) electrons. The molecule has 0 spiro atoms. The molecule has 3 rings (SSSR count). The molecule has 2 heterocycles. The Bertz CT molecular complexity index is 722. The average Bonchev–Trinajstić information content (AvgIpc) is 3.05. The molecule has 1 saturated heterocycles. The number of hydrogen-bond acceptors (Lipinski definition) is 3. The van der Waals surface area contributed by atoms with Gasteiger partial charge in [-0.15, -0.1) is 0 Å². The maximum absolute atomic E-state index is 11.7. The van der Waals surface area contributed by atoms with E-state index in [9.17, 15) is 9.90 Å². The first-order valence-electron chi connectivity index (χ1n) is 8.07. The minimum atomic E-state index is -0.946. The Hall–Kier alpha value is -1.82. The van der Waals surface area contributed by atoms with Crippen LogP contribution < -0.4 is 5.32 Å². The standard InChI is InChI=1S/C18H19Cl2N3O2/c19-14-3-1-12(2-4-14)17-9-21-7-13(17)10-23(18(24)25)11-16-6-5-15(20)8-22-16/h1-6,8,13,17,21H,7,9-11H2,(H,24,25)/t13-,17-/m1/s1. The molecule has 1 aliphatic heterocycles. The van der Waals surface area contributed by atoms with Gasteiger partial charge in [0, 0.05) is 36.8 Å². The van der Waals surface area contributed by atoms with Crippen molar-refractivity contribution in [3.05, 3.63) is 63.9 Å². The molecule has 1 amide bonds. The maximum atomic E-state index is 11.7. The number of pyridine rings is 1. The van der Waals surface area contributed by atoms with Crippen LogP contribution in [0.3, 0.4) is 0 Å². The SMILES string of the molecule is O=C(O)N(Cc1ccc(Cl)cn1)C[C@H]1CNC[C@@H]1c1ccc(Cl)cc1. The van der Waals surface area contributed by atoms with E-state index in [1.54, 1.807) is 12.1 Å². The first kappa shape index (κ1) is 18.0. The van der Waals surface area contributed by atoms with Crippen LogP contribution in [0.1, 0.15) is 17.2 Å². The molecule has 1 aliphatic rings. The smallest absolute Gasteiger partial charge is 0.407 e. The highest BCUT2D eigenvalue weighted by molar-refractivity contribution is 6.30. The van der Waals surface area contributed by atoms with E-state index in [0.29, 0.717) is 22.3 Å². The minimum absolute atomic E-state index is 0.199. The van der Waals surface area contributed by atoms with Crippen LogP contribution in [0.4, 0.5) is 4.79 Å². The molecule has 132 valence electrons. The van der Waals surface area contributed by atoms with Crippen LogP contribution in [-0.2, 0) is 6.54 Å². The highest BCUT2D eigenvalue weighted by Gasteiger charge is 2.31. The third kappa shape index (κ3) is 4.63. The molecule has 5 nitrogen and oxygen atoms in total. The van der Waals surface area contributed by atoms with Crippen LogP contribution in [0, 0.1) is 5.92 Å². The predicted octanol–water partition coefficient (Wildman–Crippen LogP) is 3.87. The molecule has 0 aliphatic carbocycles. The van der Waals surface area contributed by atoms with Crippen molar-refractivity contribution >= 4 is 29.3 Å². The van der Waals surface area contributed by atoms with Crippen LogP contribution in [0.25, 0.3) is 0 Å². The normalized spacial score (nSPS) is 19.8. The summed E-state index contributed by atoms with van der Waals surface area (Å²) in [7, 11) is 0. The van der Waals surface area contributed by atoms with Gasteiger partial charge >= 0.3 is 6.09 Å². The third-order valence-electron chi connectivity index (χ3n) is 4.50. The summed E-state index contributed by atoms with van der Waals surface area (Å²) in [6.45, 7) is 2.31. The Morgan fingerprint density at radius 2 is 1.88 bits per heavy atom. The molecule has 2 aromatic rings. The third-order valence-corrected chi connectivity index (χ3v) is 4.98. The van der Waals surface area contributed by atoms with Crippen LogP contribution in [0.5, 0.6) is 0 Å². The summed E-state index contributed by atoms with van der Waals surface area (Å²) < 4.78 is 0. The van der Waals surface area contributed by atoms with Gasteiger partial charge in [0.15, 0.2) is 0 Å². The van der Waals surface area contributed by atoms with Crippen LogP contribution in [-0.4, -0.2) is 40.7 Å². The molecule has 0 bridgehead atoms. The lowest BCUT2D eigenvalue weighted by Crippen LogP contribution is -2.36. The van der Waals surface area contributed by atoms with Crippen molar-refractivity contribution in [2.45, 2.75) is 12.5 Å². The fourth-order valence-corrected chi connectivity index (χ4v) is 3.45. The largest absolute Gasteiger partial charge is 0.465 e. The summed E-state index contributed by atoms with van der Waals surface area (Å²) in [5, 5.41) is 14.2. The summed E-state index contributed by atoms with van der Waals surface area (Å²) >= 11 is 11.8. The van der Waals surface area contributed by atoms with Gasteiger partial charge in [-0.1, -0.05) is 35.3 Å². The lowest BCUT2D eigenvalue weighted by atomic mass is 9.88. The van der Waals surface area contributed by atoms with E-state index in [4.69, 9.17) is 23.2 Å². The predicted molar refractivity (Wildman–Crippen MR) is 98.2 cm³/mol. The molecule has 7 heteroatoms. The van der Waals surface area contributed by atoms with Gasteiger partial charge in [0.05, 0.1) is 17.3 Å². The van der Waals surface area contributed by atoms with E-state index >= 15 is 0 Å². The van der Waals surface area contributed by atoms with Crippen molar-refractivity contribution in [2.24, 2.45) is 5.92 Å². The lowest BCUT2D eigenvalue weighted by molar-refractivity contribution is 0.132. The fourth-order valence-electron chi connectivity index (χ4n) is 3.21. The van der Waals surface area contributed by atoms with E-state index in [2.05, 4.69) is 10.3 Å². The first-order chi connectivity index (χ1) is 12.0. The second-order valence-corrected chi connectivity index (χ2v) is 7.08. The van der Waals surface area contributed by atoms with Gasteiger partial charge in [0.25, 0.3) is 0 Å². The molecule has 25 heavy (non-hydrogen) atoms. The minimum Gasteiger partial charge on any atom is -0.465 e. The molecule has 1 aromatic heterocycles. The van der Waals surface area contributed by atoms with Gasteiger partial charge in [-0.2, -0.15) is 0 Å². The fraction of sp³-hybridized carbons (Fsp3) is 0.333. The Morgan fingerprint density at radius 3 is 2.52 bits per heavy atom. The maximum Gasteiger partial charge on any atom is 0.407 e. The van der Waals surface area contributed by atoms with Crippen molar-refractivity contribution in [1.82, 2.24) is 15.2 Å². The molecular weight excluding hydrogens is 361 g/mol. The van der Waals surface area contributed by atoms with Crippen molar-refractivity contribution in [3.63, 3.8) is 0 Å². The van der Waals surface area contributed by atoms with Gasteiger partial charge < -0.3 is 15.3 Å². The van der Waals surface area contributed by atoms with Gasteiger partial charge in [0.1, 0.15) is 0 Å². The zero-order valence-corrected chi connectivity index (χ0v) is 15.0. The number of carboxylic acid groups (broad SMARTS) is 1. The Labute approximate surface area is 156 Å². The van der Waals surface area contributed by atoms with Gasteiger partial charge in [-0.25, -0.2) is 4.79 Å². The number of rotatable bonds is 5. The topological polar surface area (TPSA) is 65.5 Å². The monoisotopic (exact) mass is 379 g/mol. The van der Waals surface area contributed by atoms with Crippen LogP contribution >= 0.6 is 23.2 Å². The molecule has 1 aromatic carbocycles. The molecular formula is C18H19Cl2N3O2. The van der Waals surface area contributed by atoms with Crippen molar-refractivity contribution in [3.8, 4) is 0 Å². The molecule has 0 saturated carbocycles. The Morgan fingerprint density at radius 1 is 1.16 bits per heavy atom. The van der Waals surface area contributed by atoms with E-state index in [1.807, 2.05) is 24.3 Å². The summed E-state index contributed by atoms with van der Waals surface area (Å²) in [6, 6.07) is 11.2.